The fourth-order valence-corrected chi connectivity index (χ4v) is 2.13. The minimum absolute atomic E-state index is 0.306. The SMILES string of the molecule is C=C(CCC1(C)C=CC(NC(C)C)=CC1)C(C)C. The molecule has 0 aromatic heterocycles. The molecular weight excluding hydrogens is 218 g/mol. The van der Waals surface area contributed by atoms with Crippen molar-refractivity contribution in [3.05, 3.63) is 36.1 Å². The van der Waals surface area contributed by atoms with Gasteiger partial charge in [0.05, 0.1) is 0 Å². The molecule has 0 fully saturated rings. The van der Waals surface area contributed by atoms with E-state index in [-0.39, 0.29) is 0 Å². The fraction of sp³-hybridized carbons (Fsp3) is 0.647. The van der Waals surface area contributed by atoms with Crippen LogP contribution in [-0.4, -0.2) is 6.04 Å². The molecule has 0 saturated carbocycles. The van der Waals surface area contributed by atoms with E-state index < -0.39 is 0 Å². The molecular formula is C17H29N. The molecule has 0 saturated heterocycles. The number of hydrogen-bond acceptors (Lipinski definition) is 1. The van der Waals surface area contributed by atoms with Crippen LogP contribution in [0.15, 0.2) is 36.1 Å². The fourth-order valence-electron chi connectivity index (χ4n) is 2.13. The zero-order chi connectivity index (χ0) is 13.8. The molecule has 0 aromatic rings. The van der Waals surface area contributed by atoms with Crippen LogP contribution in [0.5, 0.6) is 0 Å². The molecule has 0 spiro atoms. The van der Waals surface area contributed by atoms with Crippen molar-refractivity contribution >= 4 is 0 Å². The largest absolute Gasteiger partial charge is 0.383 e. The van der Waals surface area contributed by atoms with E-state index >= 15 is 0 Å². The number of allylic oxidation sites excluding steroid dienone is 4. The monoisotopic (exact) mass is 247 g/mol. The van der Waals surface area contributed by atoms with Crippen LogP contribution in [0.2, 0.25) is 0 Å². The lowest BCUT2D eigenvalue weighted by atomic mass is 9.77. The van der Waals surface area contributed by atoms with Crippen molar-refractivity contribution in [1.82, 2.24) is 5.32 Å². The maximum Gasteiger partial charge on any atom is 0.0298 e. The van der Waals surface area contributed by atoms with Crippen LogP contribution in [0.3, 0.4) is 0 Å². The molecule has 1 aliphatic rings. The summed E-state index contributed by atoms with van der Waals surface area (Å²) in [4.78, 5) is 0. The van der Waals surface area contributed by atoms with E-state index in [0.717, 1.165) is 12.8 Å². The van der Waals surface area contributed by atoms with E-state index in [2.05, 4.69) is 64.7 Å². The van der Waals surface area contributed by atoms with Crippen LogP contribution in [0, 0.1) is 11.3 Å². The molecule has 1 unspecified atom stereocenters. The molecule has 1 nitrogen and oxygen atoms in total. The van der Waals surface area contributed by atoms with Gasteiger partial charge in [-0.05, 0) is 50.5 Å². The molecule has 0 bridgehead atoms. The summed E-state index contributed by atoms with van der Waals surface area (Å²) >= 11 is 0. The normalized spacial score (nSPS) is 23.4. The zero-order valence-electron chi connectivity index (χ0n) is 12.7. The van der Waals surface area contributed by atoms with Crippen molar-refractivity contribution in [2.45, 2.75) is 59.9 Å². The predicted molar refractivity (Wildman–Crippen MR) is 81.4 cm³/mol. The highest BCUT2D eigenvalue weighted by Crippen LogP contribution is 2.35. The average Bonchev–Trinajstić information content (AvgIpc) is 2.29. The molecule has 1 N–H and O–H groups in total. The first-order chi connectivity index (χ1) is 8.32. The van der Waals surface area contributed by atoms with Crippen molar-refractivity contribution < 1.29 is 0 Å². The summed E-state index contributed by atoms with van der Waals surface area (Å²) in [6.07, 6.45) is 10.4. The molecule has 1 heteroatoms. The van der Waals surface area contributed by atoms with E-state index in [1.54, 1.807) is 0 Å². The minimum Gasteiger partial charge on any atom is -0.383 e. The first-order valence-electron chi connectivity index (χ1n) is 7.16. The lowest BCUT2D eigenvalue weighted by Crippen LogP contribution is -2.24. The summed E-state index contributed by atoms with van der Waals surface area (Å²) in [5, 5.41) is 3.46. The van der Waals surface area contributed by atoms with Gasteiger partial charge in [0.1, 0.15) is 0 Å². The van der Waals surface area contributed by atoms with Crippen LogP contribution in [0.1, 0.15) is 53.9 Å². The van der Waals surface area contributed by atoms with Gasteiger partial charge >= 0.3 is 0 Å². The Morgan fingerprint density at radius 1 is 1.39 bits per heavy atom. The molecule has 102 valence electrons. The van der Waals surface area contributed by atoms with Gasteiger partial charge in [-0.25, -0.2) is 0 Å². The molecule has 0 heterocycles. The average molecular weight is 247 g/mol. The van der Waals surface area contributed by atoms with E-state index in [0.29, 0.717) is 17.4 Å². The lowest BCUT2D eigenvalue weighted by molar-refractivity contribution is 0.384. The Hall–Kier alpha value is -0.980. The topological polar surface area (TPSA) is 12.0 Å². The molecule has 1 atom stereocenters. The Morgan fingerprint density at radius 2 is 2.06 bits per heavy atom. The Morgan fingerprint density at radius 3 is 2.50 bits per heavy atom. The maximum atomic E-state index is 4.17. The van der Waals surface area contributed by atoms with Gasteiger partial charge in [-0.2, -0.15) is 0 Å². The summed E-state index contributed by atoms with van der Waals surface area (Å²) in [5.74, 6) is 0.606. The first-order valence-corrected chi connectivity index (χ1v) is 7.16. The standard InChI is InChI=1S/C17H29N/c1-13(2)15(5)7-10-17(6)11-8-16(9-12-17)18-14(3)4/h8-9,11,13-14,18H,5,7,10,12H2,1-4,6H3. The second kappa shape index (κ2) is 6.26. The van der Waals surface area contributed by atoms with E-state index in [1.165, 1.54) is 17.7 Å². The van der Waals surface area contributed by atoms with Gasteiger partial charge < -0.3 is 5.32 Å². The third kappa shape index (κ3) is 4.72. The van der Waals surface area contributed by atoms with Crippen molar-refractivity contribution in [3.63, 3.8) is 0 Å². The Labute approximate surface area is 113 Å². The molecule has 0 radical (unpaired) electrons. The Balaban J connectivity index is 2.48. The molecule has 1 aliphatic carbocycles. The van der Waals surface area contributed by atoms with Crippen molar-refractivity contribution in [2.75, 3.05) is 0 Å². The lowest BCUT2D eigenvalue weighted by Gasteiger charge is -2.29. The highest BCUT2D eigenvalue weighted by molar-refractivity contribution is 5.25. The summed E-state index contributed by atoms with van der Waals surface area (Å²) in [5.41, 5.74) is 2.95. The van der Waals surface area contributed by atoms with Gasteiger partial charge in [0.15, 0.2) is 0 Å². The van der Waals surface area contributed by atoms with Gasteiger partial charge in [-0.3, -0.25) is 0 Å². The third-order valence-corrected chi connectivity index (χ3v) is 3.74. The number of rotatable bonds is 6. The van der Waals surface area contributed by atoms with Crippen molar-refractivity contribution in [2.24, 2.45) is 11.3 Å². The number of nitrogens with one attached hydrogen (secondary N) is 1. The van der Waals surface area contributed by atoms with Crippen LogP contribution >= 0.6 is 0 Å². The highest BCUT2D eigenvalue weighted by atomic mass is 14.9. The van der Waals surface area contributed by atoms with Gasteiger partial charge in [0.25, 0.3) is 0 Å². The van der Waals surface area contributed by atoms with Crippen LogP contribution in [0.25, 0.3) is 0 Å². The van der Waals surface area contributed by atoms with Gasteiger partial charge in [0, 0.05) is 11.7 Å². The quantitative estimate of drug-likeness (QED) is 0.663. The van der Waals surface area contributed by atoms with Gasteiger partial charge in [0.2, 0.25) is 0 Å². The number of hydrogen-bond donors (Lipinski definition) is 1. The van der Waals surface area contributed by atoms with E-state index in [9.17, 15) is 0 Å². The van der Waals surface area contributed by atoms with Crippen LogP contribution in [0.4, 0.5) is 0 Å². The van der Waals surface area contributed by atoms with Gasteiger partial charge in [-0.1, -0.05) is 45.1 Å². The van der Waals surface area contributed by atoms with Crippen LogP contribution in [-0.2, 0) is 0 Å². The third-order valence-electron chi connectivity index (χ3n) is 3.74. The second-order valence-corrected chi connectivity index (χ2v) is 6.46. The van der Waals surface area contributed by atoms with Crippen molar-refractivity contribution in [3.8, 4) is 0 Å². The predicted octanol–water partition coefficient (Wildman–Crippen LogP) is 4.83. The maximum absolute atomic E-state index is 4.17. The van der Waals surface area contributed by atoms with Crippen LogP contribution < -0.4 is 5.32 Å². The summed E-state index contributed by atoms with van der Waals surface area (Å²) in [7, 11) is 0. The molecule has 0 amide bonds. The Bertz CT molecular complexity index is 347. The van der Waals surface area contributed by atoms with Gasteiger partial charge in [-0.15, -0.1) is 0 Å². The van der Waals surface area contributed by atoms with Crippen molar-refractivity contribution in [1.29, 1.82) is 0 Å². The minimum atomic E-state index is 0.306. The smallest absolute Gasteiger partial charge is 0.0298 e. The second-order valence-electron chi connectivity index (χ2n) is 6.46. The summed E-state index contributed by atoms with van der Waals surface area (Å²) < 4.78 is 0. The summed E-state index contributed by atoms with van der Waals surface area (Å²) in [6, 6.07) is 0.506. The van der Waals surface area contributed by atoms with E-state index in [1.807, 2.05) is 0 Å². The Kier molecular flexibility index (Phi) is 5.25. The summed E-state index contributed by atoms with van der Waals surface area (Å²) in [6.45, 7) is 15.3. The molecule has 0 aromatic carbocycles. The molecule has 1 rings (SSSR count). The highest BCUT2D eigenvalue weighted by Gasteiger charge is 2.22. The molecule has 18 heavy (non-hydrogen) atoms. The zero-order valence-corrected chi connectivity index (χ0v) is 12.7. The van der Waals surface area contributed by atoms with E-state index in [4.69, 9.17) is 0 Å². The first kappa shape index (κ1) is 15.1. The molecule has 0 aliphatic heterocycles.